The number of benzene rings is 2. The normalized spacial score (nSPS) is 29.6. The first-order chi connectivity index (χ1) is 14.6. The molecule has 6 atom stereocenters. The monoisotopic (exact) mass is 434 g/mol. The number of aliphatic hydroxyl groups excluding tert-OH is 5. The highest BCUT2D eigenvalue weighted by molar-refractivity contribution is 5.45. The fourth-order valence-electron chi connectivity index (χ4n) is 4.05. The van der Waals surface area contributed by atoms with Crippen molar-refractivity contribution in [3.8, 4) is 5.75 Å². The second-order valence-corrected chi connectivity index (χ2v) is 8.07. The zero-order valence-corrected chi connectivity index (χ0v) is 17.8. The minimum atomic E-state index is -2.42. The molecule has 1 aliphatic heterocycles. The fourth-order valence-corrected chi connectivity index (χ4v) is 4.05. The van der Waals surface area contributed by atoms with Gasteiger partial charge < -0.3 is 40.1 Å². The van der Waals surface area contributed by atoms with Crippen molar-refractivity contribution in [2.45, 2.75) is 63.2 Å². The largest absolute Gasteiger partial charge is 0.497 e. The molecule has 0 aromatic heterocycles. The lowest BCUT2D eigenvalue weighted by Gasteiger charge is -2.47. The van der Waals surface area contributed by atoms with Crippen LogP contribution in [0, 0.1) is 6.92 Å². The van der Waals surface area contributed by atoms with Crippen LogP contribution in [0.5, 0.6) is 5.75 Å². The van der Waals surface area contributed by atoms with Crippen molar-refractivity contribution in [3.05, 3.63) is 64.2 Å². The number of aliphatic hydroxyl groups is 6. The van der Waals surface area contributed by atoms with E-state index in [-0.39, 0.29) is 12.2 Å². The first-order valence-electron chi connectivity index (χ1n) is 10.1. The van der Waals surface area contributed by atoms with Gasteiger partial charge in [-0.25, -0.2) is 0 Å². The maximum Gasteiger partial charge on any atom is 0.222 e. The van der Waals surface area contributed by atoms with Crippen LogP contribution in [0.4, 0.5) is 0 Å². The molecule has 1 aliphatic rings. The van der Waals surface area contributed by atoms with Crippen molar-refractivity contribution in [2.24, 2.45) is 0 Å². The summed E-state index contributed by atoms with van der Waals surface area (Å²) in [6, 6.07) is 10.6. The van der Waals surface area contributed by atoms with Gasteiger partial charge >= 0.3 is 0 Å². The topological polar surface area (TPSA) is 140 Å². The summed E-state index contributed by atoms with van der Waals surface area (Å²) in [7, 11) is 1.57. The molecule has 0 amide bonds. The van der Waals surface area contributed by atoms with E-state index in [1.165, 1.54) is 13.0 Å². The van der Waals surface area contributed by atoms with Crippen LogP contribution in [0.1, 0.15) is 34.7 Å². The van der Waals surface area contributed by atoms with Gasteiger partial charge in [-0.2, -0.15) is 0 Å². The second kappa shape index (κ2) is 9.22. The van der Waals surface area contributed by atoms with Crippen molar-refractivity contribution in [1.29, 1.82) is 0 Å². The molecule has 6 N–H and O–H groups in total. The molecule has 170 valence electrons. The van der Waals surface area contributed by atoms with E-state index in [1.807, 2.05) is 12.1 Å². The van der Waals surface area contributed by atoms with Gasteiger partial charge in [-0.05, 0) is 60.7 Å². The Hall–Kier alpha value is -2.04. The number of ether oxygens (including phenoxy) is 2. The molecule has 31 heavy (non-hydrogen) atoms. The number of aryl methyl sites for hydroxylation is 1. The molecule has 2 aromatic rings. The Morgan fingerprint density at radius 1 is 1.06 bits per heavy atom. The standard InChI is InChI=1S/C23H30O8/c1-12-8-15(11-24)10-18(17(12)9-14-4-6-16(30-3)7-5-14)23(29)22(28)20(27)19(26)21(31-23)13(2)25/h4-8,10,13,19-22,24-29H,9,11H2,1-3H3/t13-,19-,20-,21+,22+,23+/m0/s1. The molecule has 1 heterocycles. The van der Waals surface area contributed by atoms with Gasteiger partial charge in [0.2, 0.25) is 5.79 Å². The molecule has 1 saturated heterocycles. The SMILES string of the molecule is COc1ccc(Cc2c(C)cc(CO)cc2[C@@]2(O)O[C@H]([C@H](C)O)[C@@H](O)[C@H](O)[C@H]2O)cc1. The van der Waals surface area contributed by atoms with Gasteiger partial charge in [-0.3, -0.25) is 0 Å². The van der Waals surface area contributed by atoms with Crippen LogP contribution in [0.25, 0.3) is 0 Å². The number of hydrogen-bond acceptors (Lipinski definition) is 8. The van der Waals surface area contributed by atoms with E-state index >= 15 is 0 Å². The smallest absolute Gasteiger partial charge is 0.222 e. The third-order valence-corrected chi connectivity index (χ3v) is 5.84. The predicted molar refractivity (Wildman–Crippen MR) is 111 cm³/mol. The Bertz CT molecular complexity index is 897. The average Bonchev–Trinajstić information content (AvgIpc) is 2.76. The Balaban J connectivity index is 2.12. The summed E-state index contributed by atoms with van der Waals surface area (Å²) in [6.45, 7) is 2.84. The third-order valence-electron chi connectivity index (χ3n) is 5.84. The van der Waals surface area contributed by atoms with Crippen LogP contribution >= 0.6 is 0 Å². The van der Waals surface area contributed by atoms with Crippen molar-refractivity contribution in [2.75, 3.05) is 7.11 Å². The lowest BCUT2D eigenvalue weighted by molar-refractivity contribution is -0.364. The van der Waals surface area contributed by atoms with E-state index in [1.54, 1.807) is 32.2 Å². The van der Waals surface area contributed by atoms with Gasteiger partial charge in [0.25, 0.3) is 0 Å². The van der Waals surface area contributed by atoms with E-state index in [0.717, 1.165) is 11.1 Å². The van der Waals surface area contributed by atoms with E-state index in [4.69, 9.17) is 9.47 Å². The molecule has 0 bridgehead atoms. The molecular weight excluding hydrogens is 404 g/mol. The van der Waals surface area contributed by atoms with E-state index in [9.17, 15) is 30.6 Å². The Morgan fingerprint density at radius 3 is 2.26 bits per heavy atom. The molecule has 8 heteroatoms. The van der Waals surface area contributed by atoms with Crippen molar-refractivity contribution in [1.82, 2.24) is 0 Å². The Kier molecular flexibility index (Phi) is 7.02. The van der Waals surface area contributed by atoms with Crippen LogP contribution in [0.2, 0.25) is 0 Å². The number of hydrogen-bond donors (Lipinski definition) is 6. The quantitative estimate of drug-likeness (QED) is 0.376. The fraction of sp³-hybridized carbons (Fsp3) is 0.478. The zero-order valence-electron chi connectivity index (χ0n) is 17.8. The maximum atomic E-state index is 11.4. The van der Waals surface area contributed by atoms with Crippen LogP contribution < -0.4 is 4.74 Å². The molecule has 0 aliphatic carbocycles. The van der Waals surface area contributed by atoms with E-state index < -0.39 is 36.3 Å². The lowest BCUT2D eigenvalue weighted by Crippen LogP contribution is -2.65. The molecule has 0 radical (unpaired) electrons. The molecule has 2 aromatic carbocycles. The predicted octanol–water partition coefficient (Wildman–Crippen LogP) is 0.0941. The summed E-state index contributed by atoms with van der Waals surface area (Å²) in [5.41, 5.74) is 2.87. The summed E-state index contributed by atoms with van der Waals surface area (Å²) in [5.74, 6) is -1.73. The molecule has 0 unspecified atom stereocenters. The van der Waals surface area contributed by atoms with Crippen LogP contribution in [-0.2, 0) is 23.6 Å². The average molecular weight is 434 g/mol. The Labute approximate surface area is 180 Å². The highest BCUT2D eigenvalue weighted by atomic mass is 16.7. The maximum absolute atomic E-state index is 11.4. The van der Waals surface area contributed by atoms with Crippen LogP contribution in [0.3, 0.4) is 0 Å². The van der Waals surface area contributed by atoms with Crippen molar-refractivity contribution >= 4 is 0 Å². The molecule has 0 saturated carbocycles. The molecule has 8 nitrogen and oxygen atoms in total. The minimum absolute atomic E-state index is 0.150. The summed E-state index contributed by atoms with van der Waals surface area (Å²) in [6.07, 6.45) is -7.45. The van der Waals surface area contributed by atoms with Crippen molar-refractivity contribution in [3.63, 3.8) is 0 Å². The Morgan fingerprint density at radius 2 is 1.71 bits per heavy atom. The number of methoxy groups -OCH3 is 1. The second-order valence-electron chi connectivity index (χ2n) is 8.07. The summed E-state index contributed by atoms with van der Waals surface area (Å²) >= 11 is 0. The molecular formula is C23H30O8. The van der Waals surface area contributed by atoms with E-state index in [0.29, 0.717) is 23.3 Å². The minimum Gasteiger partial charge on any atom is -0.497 e. The molecule has 3 rings (SSSR count). The third kappa shape index (κ3) is 4.47. The van der Waals surface area contributed by atoms with Gasteiger partial charge in [0.05, 0.1) is 19.8 Å². The summed E-state index contributed by atoms with van der Waals surface area (Å²) < 4.78 is 10.8. The van der Waals surface area contributed by atoms with E-state index in [2.05, 4.69) is 0 Å². The first kappa shape index (κ1) is 23.6. The summed E-state index contributed by atoms with van der Waals surface area (Å²) in [5, 5.41) is 62.4. The van der Waals surface area contributed by atoms with Crippen LogP contribution in [-0.4, -0.2) is 68.3 Å². The lowest BCUT2D eigenvalue weighted by atomic mass is 9.82. The number of rotatable bonds is 6. The van der Waals surface area contributed by atoms with Crippen LogP contribution in [0.15, 0.2) is 36.4 Å². The summed E-state index contributed by atoms with van der Waals surface area (Å²) in [4.78, 5) is 0. The zero-order chi connectivity index (χ0) is 22.9. The van der Waals surface area contributed by atoms with Crippen molar-refractivity contribution < 1.29 is 40.1 Å². The highest BCUT2D eigenvalue weighted by Gasteiger charge is 2.55. The van der Waals surface area contributed by atoms with Gasteiger partial charge in [-0.15, -0.1) is 0 Å². The van der Waals surface area contributed by atoms with Gasteiger partial charge in [0.1, 0.15) is 30.2 Å². The molecule has 1 fully saturated rings. The highest BCUT2D eigenvalue weighted by Crippen LogP contribution is 2.40. The van der Waals surface area contributed by atoms with Gasteiger partial charge in [-0.1, -0.05) is 18.2 Å². The first-order valence-corrected chi connectivity index (χ1v) is 10.1. The van der Waals surface area contributed by atoms with Gasteiger partial charge in [0.15, 0.2) is 0 Å². The van der Waals surface area contributed by atoms with Gasteiger partial charge in [0, 0.05) is 5.56 Å². The molecule has 0 spiro atoms.